The number of likely N-dealkylation sites (tertiary alicyclic amines) is 1. The minimum absolute atomic E-state index is 0.0749. The van der Waals surface area contributed by atoms with Crippen molar-refractivity contribution in [2.45, 2.75) is 53.0 Å². The van der Waals surface area contributed by atoms with Gasteiger partial charge in [0.2, 0.25) is 5.91 Å². The van der Waals surface area contributed by atoms with Crippen molar-refractivity contribution < 1.29 is 14.3 Å². The lowest BCUT2D eigenvalue weighted by Crippen LogP contribution is -2.46. The van der Waals surface area contributed by atoms with Crippen LogP contribution in [0.25, 0.3) is 10.6 Å². The summed E-state index contributed by atoms with van der Waals surface area (Å²) in [7, 11) is 0. The Morgan fingerprint density at radius 3 is 2.50 bits per heavy atom. The van der Waals surface area contributed by atoms with E-state index in [0.717, 1.165) is 34.9 Å². The SMILES string of the molecule is CCOc1ccc(-c2nc(C)c(C(=O)NC3CCN(C(=O)CC(C)C)CC3)s2)cc1. The zero-order chi connectivity index (χ0) is 21.7. The quantitative estimate of drug-likeness (QED) is 0.713. The average Bonchev–Trinajstić information content (AvgIpc) is 3.10. The highest BCUT2D eigenvalue weighted by Crippen LogP contribution is 2.29. The summed E-state index contributed by atoms with van der Waals surface area (Å²) in [5.41, 5.74) is 1.72. The van der Waals surface area contributed by atoms with E-state index < -0.39 is 0 Å². The first-order valence-electron chi connectivity index (χ1n) is 10.7. The number of nitrogens with one attached hydrogen (secondary N) is 1. The summed E-state index contributed by atoms with van der Waals surface area (Å²) >= 11 is 1.41. The van der Waals surface area contributed by atoms with E-state index in [1.807, 2.05) is 43.0 Å². The monoisotopic (exact) mass is 429 g/mol. The normalized spacial score (nSPS) is 14.8. The van der Waals surface area contributed by atoms with Crippen molar-refractivity contribution in [2.24, 2.45) is 5.92 Å². The Morgan fingerprint density at radius 2 is 1.90 bits per heavy atom. The molecule has 0 saturated carbocycles. The lowest BCUT2D eigenvalue weighted by molar-refractivity contribution is -0.133. The number of hydrogen-bond donors (Lipinski definition) is 1. The van der Waals surface area contributed by atoms with Gasteiger partial charge in [0.15, 0.2) is 0 Å². The molecule has 1 N–H and O–H groups in total. The first-order chi connectivity index (χ1) is 14.4. The molecule has 7 heteroatoms. The minimum Gasteiger partial charge on any atom is -0.494 e. The van der Waals surface area contributed by atoms with Crippen molar-refractivity contribution in [3.05, 3.63) is 34.8 Å². The van der Waals surface area contributed by atoms with Crippen LogP contribution < -0.4 is 10.1 Å². The topological polar surface area (TPSA) is 71.5 Å². The van der Waals surface area contributed by atoms with E-state index in [1.165, 1.54) is 11.3 Å². The second kappa shape index (κ2) is 10.1. The van der Waals surface area contributed by atoms with Gasteiger partial charge in [-0.15, -0.1) is 11.3 Å². The molecule has 6 nitrogen and oxygen atoms in total. The molecule has 1 aliphatic heterocycles. The molecule has 2 heterocycles. The van der Waals surface area contributed by atoms with Crippen LogP contribution in [0, 0.1) is 12.8 Å². The molecule has 2 aromatic rings. The molecule has 1 aromatic carbocycles. The zero-order valence-electron chi connectivity index (χ0n) is 18.2. The van der Waals surface area contributed by atoms with Gasteiger partial charge in [-0.3, -0.25) is 9.59 Å². The third-order valence-electron chi connectivity index (χ3n) is 5.18. The Balaban J connectivity index is 1.58. The average molecular weight is 430 g/mol. The highest BCUT2D eigenvalue weighted by atomic mass is 32.1. The molecule has 2 amide bonds. The van der Waals surface area contributed by atoms with Crippen molar-refractivity contribution in [3.8, 4) is 16.3 Å². The summed E-state index contributed by atoms with van der Waals surface area (Å²) in [6.07, 6.45) is 2.17. The van der Waals surface area contributed by atoms with Crippen LogP contribution in [0.3, 0.4) is 0 Å². The van der Waals surface area contributed by atoms with Gasteiger partial charge < -0.3 is 15.0 Å². The van der Waals surface area contributed by atoms with E-state index in [-0.39, 0.29) is 17.9 Å². The molecule has 0 aliphatic carbocycles. The first kappa shape index (κ1) is 22.3. The maximum Gasteiger partial charge on any atom is 0.263 e. The van der Waals surface area contributed by atoms with Crippen LogP contribution in [0.5, 0.6) is 5.75 Å². The van der Waals surface area contributed by atoms with Crippen LogP contribution in [0.1, 0.15) is 55.4 Å². The van der Waals surface area contributed by atoms with Gasteiger partial charge in [0.05, 0.1) is 12.3 Å². The smallest absolute Gasteiger partial charge is 0.263 e. The number of aryl methyl sites for hydroxylation is 1. The van der Waals surface area contributed by atoms with Crippen molar-refractivity contribution >= 4 is 23.2 Å². The molecular formula is C23H31N3O3S. The van der Waals surface area contributed by atoms with Crippen LogP contribution in [-0.2, 0) is 4.79 Å². The molecule has 0 radical (unpaired) electrons. The van der Waals surface area contributed by atoms with Crippen molar-refractivity contribution in [2.75, 3.05) is 19.7 Å². The molecular weight excluding hydrogens is 398 g/mol. The Hall–Kier alpha value is -2.41. The van der Waals surface area contributed by atoms with Crippen LogP contribution >= 0.6 is 11.3 Å². The number of carbonyl (C=O) groups excluding carboxylic acids is 2. The summed E-state index contributed by atoms with van der Waals surface area (Å²) in [4.78, 5) is 32.2. The van der Waals surface area contributed by atoms with Crippen molar-refractivity contribution in [3.63, 3.8) is 0 Å². The maximum atomic E-state index is 12.8. The summed E-state index contributed by atoms with van der Waals surface area (Å²) in [6.45, 7) is 9.98. The molecule has 3 rings (SSSR count). The molecule has 0 spiro atoms. The third-order valence-corrected chi connectivity index (χ3v) is 6.39. The van der Waals surface area contributed by atoms with E-state index in [4.69, 9.17) is 4.74 Å². The van der Waals surface area contributed by atoms with Crippen LogP contribution in [0.4, 0.5) is 0 Å². The van der Waals surface area contributed by atoms with E-state index in [9.17, 15) is 9.59 Å². The number of nitrogens with zero attached hydrogens (tertiary/aromatic N) is 2. The number of aromatic nitrogens is 1. The van der Waals surface area contributed by atoms with E-state index in [1.54, 1.807) is 0 Å². The van der Waals surface area contributed by atoms with Gasteiger partial charge in [-0.05, 0) is 56.9 Å². The third kappa shape index (κ3) is 5.59. The van der Waals surface area contributed by atoms with E-state index >= 15 is 0 Å². The number of rotatable bonds is 7. The second-order valence-corrected chi connectivity index (χ2v) is 9.12. The molecule has 1 fully saturated rings. The fourth-order valence-electron chi connectivity index (χ4n) is 3.59. The minimum atomic E-state index is -0.0749. The number of piperidine rings is 1. The second-order valence-electron chi connectivity index (χ2n) is 8.12. The Morgan fingerprint density at radius 1 is 1.23 bits per heavy atom. The number of amides is 2. The highest BCUT2D eigenvalue weighted by Gasteiger charge is 2.25. The predicted molar refractivity (Wildman–Crippen MR) is 120 cm³/mol. The number of hydrogen-bond acceptors (Lipinski definition) is 5. The number of benzene rings is 1. The van der Waals surface area contributed by atoms with Gasteiger partial charge in [-0.2, -0.15) is 0 Å². The number of carbonyl (C=O) groups is 2. The molecule has 30 heavy (non-hydrogen) atoms. The summed E-state index contributed by atoms with van der Waals surface area (Å²) < 4.78 is 5.48. The molecule has 1 aliphatic rings. The van der Waals surface area contributed by atoms with Gasteiger partial charge in [0.25, 0.3) is 5.91 Å². The molecule has 0 unspecified atom stereocenters. The van der Waals surface area contributed by atoms with E-state index in [2.05, 4.69) is 24.1 Å². The summed E-state index contributed by atoms with van der Waals surface area (Å²) in [6, 6.07) is 7.87. The Kier molecular flexibility index (Phi) is 7.48. The molecule has 0 atom stereocenters. The Bertz CT molecular complexity index is 868. The fraction of sp³-hybridized carbons (Fsp3) is 0.522. The fourth-order valence-corrected chi connectivity index (χ4v) is 4.57. The maximum absolute atomic E-state index is 12.8. The van der Waals surface area contributed by atoms with Crippen LogP contribution in [-0.4, -0.2) is 47.4 Å². The molecule has 1 saturated heterocycles. The lowest BCUT2D eigenvalue weighted by Gasteiger charge is -2.32. The predicted octanol–water partition coefficient (Wildman–Crippen LogP) is 4.28. The molecule has 0 bridgehead atoms. The van der Waals surface area contributed by atoms with Crippen molar-refractivity contribution in [1.82, 2.24) is 15.2 Å². The summed E-state index contributed by atoms with van der Waals surface area (Å²) in [5.74, 6) is 1.33. The molecule has 1 aromatic heterocycles. The largest absolute Gasteiger partial charge is 0.494 e. The standard InChI is InChI=1S/C23H31N3O3S/c1-5-29-19-8-6-17(7-9-19)23-24-16(4)21(30-23)22(28)25-18-10-12-26(13-11-18)20(27)14-15(2)3/h6-9,15,18H,5,10-14H2,1-4H3,(H,25,28). The zero-order valence-corrected chi connectivity index (χ0v) is 19.1. The first-order valence-corrected chi connectivity index (χ1v) is 11.5. The van der Waals surface area contributed by atoms with Gasteiger partial charge in [-0.1, -0.05) is 13.8 Å². The summed E-state index contributed by atoms with van der Waals surface area (Å²) in [5, 5.41) is 3.97. The van der Waals surface area contributed by atoms with Crippen LogP contribution in [0.2, 0.25) is 0 Å². The number of ether oxygens (including phenoxy) is 1. The van der Waals surface area contributed by atoms with Gasteiger partial charge >= 0.3 is 0 Å². The lowest BCUT2D eigenvalue weighted by atomic mass is 10.0. The van der Waals surface area contributed by atoms with E-state index in [0.29, 0.717) is 36.9 Å². The van der Waals surface area contributed by atoms with Gasteiger partial charge in [0.1, 0.15) is 15.6 Å². The van der Waals surface area contributed by atoms with Crippen molar-refractivity contribution in [1.29, 1.82) is 0 Å². The van der Waals surface area contributed by atoms with Crippen LogP contribution in [0.15, 0.2) is 24.3 Å². The van der Waals surface area contributed by atoms with Gasteiger partial charge in [-0.25, -0.2) is 4.98 Å². The Labute approximate surface area is 182 Å². The highest BCUT2D eigenvalue weighted by molar-refractivity contribution is 7.17. The van der Waals surface area contributed by atoms with Gasteiger partial charge in [0, 0.05) is 31.1 Å². The molecule has 162 valence electrons. The number of thiazole rings is 1.